The van der Waals surface area contributed by atoms with Gasteiger partial charge in [-0.3, -0.25) is 14.8 Å². The molecule has 0 aromatic carbocycles. The van der Waals surface area contributed by atoms with Gasteiger partial charge in [-0.1, -0.05) is 42.3 Å². The van der Waals surface area contributed by atoms with Gasteiger partial charge in [-0.2, -0.15) is 0 Å². The Bertz CT molecular complexity index is 1130. The zero-order valence-corrected chi connectivity index (χ0v) is 19.9. The van der Waals surface area contributed by atoms with Gasteiger partial charge >= 0.3 is 0 Å². The van der Waals surface area contributed by atoms with Crippen molar-refractivity contribution in [1.29, 1.82) is 0 Å². The van der Waals surface area contributed by atoms with Crippen molar-refractivity contribution in [3.63, 3.8) is 0 Å². The van der Waals surface area contributed by atoms with Crippen molar-refractivity contribution >= 4 is 23.1 Å². The van der Waals surface area contributed by atoms with Crippen LogP contribution in [0.3, 0.4) is 0 Å². The molecule has 170 valence electrons. The van der Waals surface area contributed by atoms with E-state index in [4.69, 9.17) is 16.6 Å². The van der Waals surface area contributed by atoms with E-state index in [0.717, 1.165) is 55.8 Å². The van der Waals surface area contributed by atoms with Crippen molar-refractivity contribution in [3.05, 3.63) is 88.0 Å². The van der Waals surface area contributed by atoms with E-state index in [0.29, 0.717) is 18.3 Å². The van der Waals surface area contributed by atoms with Crippen molar-refractivity contribution in [1.82, 2.24) is 14.9 Å². The molecular formula is C28H30ClN3O. The molecule has 1 saturated heterocycles. The Labute approximate surface area is 201 Å². The van der Waals surface area contributed by atoms with Crippen LogP contribution in [-0.2, 0) is 24.1 Å². The highest BCUT2D eigenvalue weighted by molar-refractivity contribution is 6.31. The number of aromatic nitrogens is 2. The van der Waals surface area contributed by atoms with Gasteiger partial charge in [0.05, 0.1) is 12.1 Å². The minimum absolute atomic E-state index is 0.197. The lowest BCUT2D eigenvalue weighted by Crippen LogP contribution is -2.37. The van der Waals surface area contributed by atoms with Gasteiger partial charge in [0.1, 0.15) is 0 Å². The summed E-state index contributed by atoms with van der Waals surface area (Å²) in [6, 6.07) is 6.19. The summed E-state index contributed by atoms with van der Waals surface area (Å²) in [7, 11) is 0. The predicted octanol–water partition coefficient (Wildman–Crippen LogP) is 5.53. The molecule has 4 nitrogen and oxygen atoms in total. The number of amides is 1. The first-order valence-corrected chi connectivity index (χ1v) is 12.4. The van der Waals surface area contributed by atoms with E-state index in [1.807, 2.05) is 29.3 Å². The fraction of sp³-hybridized carbons (Fsp3) is 0.393. The summed E-state index contributed by atoms with van der Waals surface area (Å²) in [5.74, 6) is 0.904. The Morgan fingerprint density at radius 2 is 1.94 bits per heavy atom. The SMILES string of the molecule is CCc1cnc2c(c1)CCC1C=C(Cl)C=CC1C2=C1CCN(C(=O)Cc2ccncc2)CC1. The molecule has 1 fully saturated rings. The largest absolute Gasteiger partial charge is 0.342 e. The topological polar surface area (TPSA) is 46.1 Å². The van der Waals surface area contributed by atoms with Gasteiger partial charge < -0.3 is 4.90 Å². The Morgan fingerprint density at radius 3 is 2.70 bits per heavy atom. The van der Waals surface area contributed by atoms with E-state index in [1.54, 1.807) is 12.4 Å². The van der Waals surface area contributed by atoms with E-state index in [-0.39, 0.29) is 5.91 Å². The third kappa shape index (κ3) is 4.67. The molecule has 2 atom stereocenters. The summed E-state index contributed by atoms with van der Waals surface area (Å²) in [5, 5.41) is 0.838. The number of hydrogen-bond donors (Lipinski definition) is 0. The quantitative estimate of drug-likeness (QED) is 0.606. The lowest BCUT2D eigenvalue weighted by molar-refractivity contribution is -0.130. The van der Waals surface area contributed by atoms with Gasteiger partial charge in [0.25, 0.3) is 0 Å². The fourth-order valence-corrected chi connectivity index (χ4v) is 5.66. The number of pyridine rings is 2. The minimum Gasteiger partial charge on any atom is -0.342 e. The van der Waals surface area contributed by atoms with Crippen molar-refractivity contribution in [3.8, 4) is 0 Å². The first-order valence-electron chi connectivity index (χ1n) is 12.0. The molecule has 0 radical (unpaired) electrons. The first-order chi connectivity index (χ1) is 16.1. The van der Waals surface area contributed by atoms with E-state index in [2.05, 4.69) is 30.1 Å². The molecule has 5 heteroatoms. The molecule has 3 heterocycles. The third-order valence-corrected chi connectivity index (χ3v) is 7.52. The number of rotatable bonds is 3. The lowest BCUT2D eigenvalue weighted by atomic mass is 9.78. The summed E-state index contributed by atoms with van der Waals surface area (Å²) >= 11 is 6.40. The molecule has 2 aromatic heterocycles. The van der Waals surface area contributed by atoms with Gasteiger partial charge in [0.2, 0.25) is 5.91 Å². The van der Waals surface area contributed by atoms with E-state index < -0.39 is 0 Å². The average molecular weight is 460 g/mol. The van der Waals surface area contributed by atoms with Crippen LogP contribution in [0.2, 0.25) is 0 Å². The standard InChI is InChI=1S/C28H30ClN3O/c1-2-19-15-23-4-3-22-17-24(29)5-6-25(22)27(28(23)31-18-19)21-9-13-32(14-10-21)26(33)16-20-7-11-30-12-8-20/h5-8,11-12,15,17-18,22,25H,2-4,9-10,13-14,16H2,1H3. The average Bonchev–Trinajstić information content (AvgIpc) is 3.00. The molecule has 0 bridgehead atoms. The first kappa shape index (κ1) is 22.1. The number of allylic oxidation sites excluding steroid dienone is 5. The van der Waals surface area contributed by atoms with Crippen molar-refractivity contribution in [2.75, 3.05) is 13.1 Å². The summed E-state index contributed by atoms with van der Waals surface area (Å²) in [5.41, 5.74) is 7.68. The van der Waals surface area contributed by atoms with Crippen LogP contribution < -0.4 is 0 Å². The summed E-state index contributed by atoms with van der Waals surface area (Å²) in [6.45, 7) is 3.72. The second-order valence-electron chi connectivity index (χ2n) is 9.27. The summed E-state index contributed by atoms with van der Waals surface area (Å²) < 4.78 is 0. The summed E-state index contributed by atoms with van der Waals surface area (Å²) in [6.07, 6.45) is 17.4. The van der Waals surface area contributed by atoms with Crippen LogP contribution >= 0.6 is 11.6 Å². The zero-order chi connectivity index (χ0) is 22.8. The van der Waals surface area contributed by atoms with Crippen LogP contribution in [0, 0.1) is 11.8 Å². The van der Waals surface area contributed by atoms with Gasteiger partial charge in [-0.25, -0.2) is 0 Å². The van der Waals surface area contributed by atoms with Gasteiger partial charge in [0.15, 0.2) is 0 Å². The van der Waals surface area contributed by atoms with Crippen molar-refractivity contribution in [2.45, 2.75) is 45.4 Å². The molecular weight excluding hydrogens is 430 g/mol. The Morgan fingerprint density at radius 1 is 1.15 bits per heavy atom. The molecule has 0 N–H and O–H groups in total. The van der Waals surface area contributed by atoms with Gasteiger partial charge in [-0.15, -0.1) is 0 Å². The zero-order valence-electron chi connectivity index (χ0n) is 19.1. The van der Waals surface area contributed by atoms with Crippen LogP contribution in [0.15, 0.2) is 65.6 Å². The molecule has 2 aromatic rings. The Balaban J connectivity index is 1.43. The molecule has 0 saturated carbocycles. The Hall–Kier alpha value is -2.72. The van der Waals surface area contributed by atoms with Crippen molar-refractivity contribution in [2.24, 2.45) is 11.8 Å². The minimum atomic E-state index is 0.197. The van der Waals surface area contributed by atoms with Crippen LogP contribution in [0.4, 0.5) is 0 Å². The second-order valence-corrected chi connectivity index (χ2v) is 9.71. The third-order valence-electron chi connectivity index (χ3n) is 7.27. The van der Waals surface area contributed by atoms with Gasteiger partial charge in [-0.05, 0) is 78.5 Å². The van der Waals surface area contributed by atoms with Crippen LogP contribution in [0.5, 0.6) is 0 Å². The second kappa shape index (κ2) is 9.64. The number of carbonyl (C=O) groups excluding carboxylic acids is 1. The highest BCUT2D eigenvalue weighted by Crippen LogP contribution is 2.44. The number of carbonyl (C=O) groups is 1. The lowest BCUT2D eigenvalue weighted by Gasteiger charge is -2.33. The number of hydrogen-bond acceptors (Lipinski definition) is 3. The molecule has 33 heavy (non-hydrogen) atoms. The Kier molecular flexibility index (Phi) is 6.45. The van der Waals surface area contributed by atoms with Crippen LogP contribution in [0.1, 0.15) is 48.6 Å². The summed E-state index contributed by atoms with van der Waals surface area (Å²) in [4.78, 5) is 23.9. The highest BCUT2D eigenvalue weighted by atomic mass is 35.5. The predicted molar refractivity (Wildman–Crippen MR) is 133 cm³/mol. The number of fused-ring (bicyclic) bond motifs is 2. The molecule has 2 aliphatic carbocycles. The van der Waals surface area contributed by atoms with Crippen LogP contribution in [0.25, 0.3) is 5.57 Å². The van der Waals surface area contributed by atoms with Crippen molar-refractivity contribution < 1.29 is 4.79 Å². The maximum atomic E-state index is 12.9. The number of likely N-dealkylation sites (tertiary alicyclic amines) is 1. The molecule has 1 aliphatic heterocycles. The number of piperidine rings is 1. The van der Waals surface area contributed by atoms with Crippen LogP contribution in [-0.4, -0.2) is 33.9 Å². The number of halogens is 1. The van der Waals surface area contributed by atoms with E-state index >= 15 is 0 Å². The van der Waals surface area contributed by atoms with E-state index in [9.17, 15) is 4.79 Å². The van der Waals surface area contributed by atoms with Gasteiger partial charge in [0, 0.05) is 42.6 Å². The maximum Gasteiger partial charge on any atom is 0.227 e. The maximum absolute atomic E-state index is 12.9. The monoisotopic (exact) mass is 459 g/mol. The number of nitrogens with zero attached hydrogens (tertiary/aromatic N) is 3. The molecule has 3 aliphatic rings. The smallest absolute Gasteiger partial charge is 0.227 e. The fourth-order valence-electron chi connectivity index (χ4n) is 5.43. The van der Waals surface area contributed by atoms with E-state index in [1.165, 1.54) is 28.0 Å². The normalized spacial score (nSPS) is 22.4. The molecule has 0 spiro atoms. The number of aryl methyl sites for hydroxylation is 2. The molecule has 5 rings (SSSR count). The molecule has 2 unspecified atom stereocenters. The molecule has 1 amide bonds. The highest BCUT2D eigenvalue weighted by Gasteiger charge is 2.33.